The number of carbonyl (C=O) groups excluding carboxylic acids is 1. The highest BCUT2D eigenvalue weighted by Gasteiger charge is 2.44. The average Bonchev–Trinajstić information content (AvgIpc) is 2.87. The second-order valence-electron chi connectivity index (χ2n) is 8.41. The van der Waals surface area contributed by atoms with Gasteiger partial charge in [0.2, 0.25) is 0 Å². The molecule has 4 rings (SSSR count). The SMILES string of the molecule is CCOC(=O)C(C)=C1CN(C(c2ccccc2)(c2ccccc2)c2ccccc2)CCC1O. The fourth-order valence-electron chi connectivity index (χ4n) is 4.95. The van der Waals surface area contributed by atoms with Gasteiger partial charge in [0.05, 0.1) is 18.2 Å². The monoisotopic (exact) mass is 441 g/mol. The van der Waals surface area contributed by atoms with E-state index in [9.17, 15) is 9.90 Å². The van der Waals surface area contributed by atoms with Crippen molar-refractivity contribution in [3.63, 3.8) is 0 Å². The number of likely N-dealkylation sites (tertiary alicyclic amines) is 1. The van der Waals surface area contributed by atoms with Gasteiger partial charge in [-0.1, -0.05) is 91.0 Å². The van der Waals surface area contributed by atoms with Crippen molar-refractivity contribution >= 4 is 5.97 Å². The Labute approximate surface area is 196 Å². The molecule has 0 spiro atoms. The first-order valence-corrected chi connectivity index (χ1v) is 11.6. The van der Waals surface area contributed by atoms with Crippen LogP contribution in [0.4, 0.5) is 0 Å². The van der Waals surface area contributed by atoms with Gasteiger partial charge in [-0.25, -0.2) is 4.79 Å². The number of hydrogen-bond donors (Lipinski definition) is 1. The summed E-state index contributed by atoms with van der Waals surface area (Å²) >= 11 is 0. The van der Waals surface area contributed by atoms with Gasteiger partial charge in [-0.3, -0.25) is 4.90 Å². The van der Waals surface area contributed by atoms with Gasteiger partial charge in [0.25, 0.3) is 0 Å². The van der Waals surface area contributed by atoms with Gasteiger partial charge in [0.15, 0.2) is 0 Å². The smallest absolute Gasteiger partial charge is 0.333 e. The molecule has 0 amide bonds. The van der Waals surface area contributed by atoms with Gasteiger partial charge in [0.1, 0.15) is 0 Å². The van der Waals surface area contributed by atoms with Gasteiger partial charge in [-0.05, 0) is 42.5 Å². The van der Waals surface area contributed by atoms with E-state index in [0.29, 0.717) is 31.7 Å². The molecule has 1 fully saturated rings. The van der Waals surface area contributed by atoms with E-state index < -0.39 is 11.6 Å². The normalized spacial score (nSPS) is 18.6. The van der Waals surface area contributed by atoms with Crippen molar-refractivity contribution in [2.45, 2.75) is 31.9 Å². The van der Waals surface area contributed by atoms with Crippen LogP contribution in [0.2, 0.25) is 0 Å². The first kappa shape index (κ1) is 23.0. The van der Waals surface area contributed by atoms with E-state index in [1.165, 1.54) is 0 Å². The molecule has 0 aliphatic carbocycles. The molecule has 3 aromatic rings. The molecule has 0 saturated carbocycles. The number of ether oxygens (including phenoxy) is 1. The summed E-state index contributed by atoms with van der Waals surface area (Å²) in [4.78, 5) is 14.9. The summed E-state index contributed by atoms with van der Waals surface area (Å²) in [5.74, 6) is -0.363. The molecular weight excluding hydrogens is 410 g/mol. The number of aliphatic hydroxyl groups excluding tert-OH is 1. The summed E-state index contributed by atoms with van der Waals surface area (Å²) in [6, 6.07) is 31.4. The van der Waals surface area contributed by atoms with E-state index in [0.717, 1.165) is 22.3 Å². The molecule has 1 saturated heterocycles. The standard InChI is InChI=1S/C29H31NO3/c1-3-33-28(32)22(2)26-21-30(20-19-27(26)31)29(23-13-7-4-8-14-23,24-15-9-5-10-16-24)25-17-11-6-12-18-25/h4-18,27,31H,3,19-21H2,1-2H3. The minimum atomic E-state index is -0.661. The van der Waals surface area contributed by atoms with E-state index in [1.54, 1.807) is 13.8 Å². The third-order valence-corrected chi connectivity index (χ3v) is 6.55. The van der Waals surface area contributed by atoms with Crippen molar-refractivity contribution in [2.24, 2.45) is 0 Å². The van der Waals surface area contributed by atoms with Gasteiger partial charge >= 0.3 is 5.97 Å². The minimum absolute atomic E-state index is 0.311. The number of aliphatic hydroxyl groups is 1. The van der Waals surface area contributed by atoms with Gasteiger partial charge < -0.3 is 9.84 Å². The van der Waals surface area contributed by atoms with Crippen LogP contribution in [0.3, 0.4) is 0 Å². The molecule has 0 bridgehead atoms. The summed E-state index contributed by atoms with van der Waals surface area (Å²) in [7, 11) is 0. The predicted octanol–water partition coefficient (Wildman–Crippen LogP) is 4.92. The number of esters is 1. The number of carbonyl (C=O) groups is 1. The fraction of sp³-hybridized carbons (Fsp3) is 0.276. The second-order valence-corrected chi connectivity index (χ2v) is 8.41. The number of hydrogen-bond acceptors (Lipinski definition) is 4. The van der Waals surface area contributed by atoms with E-state index in [1.807, 2.05) is 18.2 Å². The molecule has 1 heterocycles. The number of nitrogens with zero attached hydrogens (tertiary/aromatic N) is 1. The van der Waals surface area contributed by atoms with Crippen molar-refractivity contribution in [2.75, 3.05) is 19.7 Å². The van der Waals surface area contributed by atoms with Crippen LogP contribution < -0.4 is 0 Å². The van der Waals surface area contributed by atoms with E-state index in [2.05, 4.69) is 77.7 Å². The Morgan fingerprint density at radius 2 is 1.36 bits per heavy atom. The quantitative estimate of drug-likeness (QED) is 0.335. The summed E-state index contributed by atoms with van der Waals surface area (Å²) < 4.78 is 5.25. The number of benzene rings is 3. The molecule has 1 aliphatic rings. The number of piperidine rings is 1. The first-order chi connectivity index (χ1) is 16.1. The molecule has 1 unspecified atom stereocenters. The third-order valence-electron chi connectivity index (χ3n) is 6.55. The van der Waals surface area contributed by atoms with Crippen molar-refractivity contribution in [3.8, 4) is 0 Å². The Bertz CT molecular complexity index is 997. The molecule has 4 heteroatoms. The zero-order valence-corrected chi connectivity index (χ0v) is 19.3. The van der Waals surface area contributed by atoms with Crippen LogP contribution >= 0.6 is 0 Å². The van der Waals surface area contributed by atoms with Gasteiger partial charge in [-0.2, -0.15) is 0 Å². The van der Waals surface area contributed by atoms with Gasteiger partial charge in [0, 0.05) is 18.7 Å². The summed E-state index contributed by atoms with van der Waals surface area (Å²) in [5.41, 5.74) is 4.08. The Balaban J connectivity index is 1.94. The van der Waals surface area contributed by atoms with Crippen LogP contribution in [0, 0.1) is 0 Å². The third kappa shape index (κ3) is 4.37. The lowest BCUT2D eigenvalue weighted by molar-refractivity contribution is -0.138. The summed E-state index contributed by atoms with van der Waals surface area (Å²) in [5, 5.41) is 10.9. The molecule has 1 N–H and O–H groups in total. The van der Waals surface area contributed by atoms with Crippen molar-refractivity contribution in [3.05, 3.63) is 119 Å². The maximum absolute atomic E-state index is 12.5. The summed E-state index contributed by atoms with van der Waals surface area (Å²) in [6.45, 7) is 5.01. The molecule has 0 radical (unpaired) electrons. The lowest BCUT2D eigenvalue weighted by atomic mass is 9.74. The van der Waals surface area contributed by atoms with Crippen LogP contribution in [-0.2, 0) is 15.1 Å². The Morgan fingerprint density at radius 1 is 0.909 bits per heavy atom. The zero-order chi connectivity index (χ0) is 23.3. The fourth-order valence-corrected chi connectivity index (χ4v) is 4.95. The average molecular weight is 442 g/mol. The molecule has 1 aliphatic heterocycles. The zero-order valence-electron chi connectivity index (χ0n) is 19.3. The molecule has 0 aromatic heterocycles. The maximum atomic E-state index is 12.5. The lowest BCUT2D eigenvalue weighted by Gasteiger charge is -2.48. The highest BCUT2D eigenvalue weighted by atomic mass is 16.5. The molecule has 3 aromatic carbocycles. The highest BCUT2D eigenvalue weighted by Crippen LogP contribution is 2.44. The van der Waals surface area contributed by atoms with Crippen LogP contribution in [-0.4, -0.2) is 41.8 Å². The molecule has 170 valence electrons. The largest absolute Gasteiger partial charge is 0.463 e. The van der Waals surface area contributed by atoms with E-state index >= 15 is 0 Å². The minimum Gasteiger partial charge on any atom is -0.463 e. The van der Waals surface area contributed by atoms with E-state index in [-0.39, 0.29) is 5.97 Å². The van der Waals surface area contributed by atoms with Crippen LogP contribution in [0.1, 0.15) is 37.0 Å². The van der Waals surface area contributed by atoms with Gasteiger partial charge in [-0.15, -0.1) is 0 Å². The molecular formula is C29H31NO3. The topological polar surface area (TPSA) is 49.8 Å². The summed E-state index contributed by atoms with van der Waals surface area (Å²) in [6.07, 6.45) is -0.119. The Morgan fingerprint density at radius 3 is 1.79 bits per heavy atom. The predicted molar refractivity (Wildman–Crippen MR) is 131 cm³/mol. The van der Waals surface area contributed by atoms with Crippen LogP contribution in [0.25, 0.3) is 0 Å². The number of rotatable bonds is 6. The second kappa shape index (κ2) is 10.2. The Hall–Kier alpha value is -3.21. The molecule has 4 nitrogen and oxygen atoms in total. The maximum Gasteiger partial charge on any atom is 0.333 e. The van der Waals surface area contributed by atoms with Crippen molar-refractivity contribution in [1.82, 2.24) is 4.90 Å². The molecule has 33 heavy (non-hydrogen) atoms. The van der Waals surface area contributed by atoms with E-state index in [4.69, 9.17) is 4.74 Å². The van der Waals surface area contributed by atoms with Crippen LogP contribution in [0.15, 0.2) is 102 Å². The van der Waals surface area contributed by atoms with Crippen LogP contribution in [0.5, 0.6) is 0 Å². The lowest BCUT2D eigenvalue weighted by Crippen LogP contribution is -2.53. The Kier molecular flexibility index (Phi) is 7.07. The van der Waals surface area contributed by atoms with Crippen molar-refractivity contribution < 1.29 is 14.6 Å². The first-order valence-electron chi connectivity index (χ1n) is 11.6. The molecule has 1 atom stereocenters. The van der Waals surface area contributed by atoms with Crippen molar-refractivity contribution in [1.29, 1.82) is 0 Å². The highest BCUT2D eigenvalue weighted by molar-refractivity contribution is 5.89.